The van der Waals surface area contributed by atoms with Gasteiger partial charge in [-0.15, -0.1) is 11.3 Å². The van der Waals surface area contributed by atoms with Crippen molar-refractivity contribution in [1.82, 2.24) is 10.3 Å². The van der Waals surface area contributed by atoms with E-state index in [2.05, 4.69) is 10.3 Å². The number of nitrogens with one attached hydrogen (secondary N) is 1. The number of thiazole rings is 1. The number of benzene rings is 1. The van der Waals surface area contributed by atoms with Crippen molar-refractivity contribution in [2.45, 2.75) is 33.3 Å². The third kappa shape index (κ3) is 6.51. The van der Waals surface area contributed by atoms with Gasteiger partial charge in [-0.1, -0.05) is 35.3 Å². The maximum absolute atomic E-state index is 13.2. The monoisotopic (exact) mass is 568 g/mol. The molecule has 1 aliphatic heterocycles. The second kappa shape index (κ2) is 13.0. The van der Waals surface area contributed by atoms with Crippen molar-refractivity contribution in [2.24, 2.45) is 0 Å². The first-order valence-electron chi connectivity index (χ1n) is 11.3. The first-order chi connectivity index (χ1) is 17.7. The highest BCUT2D eigenvalue weighted by Crippen LogP contribution is 2.43. The molecule has 2 heterocycles. The molecule has 0 amide bonds. The van der Waals surface area contributed by atoms with E-state index in [0.29, 0.717) is 22.0 Å². The van der Waals surface area contributed by atoms with E-state index in [0.717, 1.165) is 0 Å². The van der Waals surface area contributed by atoms with E-state index in [1.807, 2.05) is 0 Å². The zero-order chi connectivity index (χ0) is 27.1. The second-order valence-electron chi connectivity index (χ2n) is 7.68. The van der Waals surface area contributed by atoms with Crippen LogP contribution in [0.15, 0.2) is 46.1 Å². The lowest BCUT2D eigenvalue weighted by Gasteiger charge is -2.31. The number of dihydropyridines is 1. The van der Waals surface area contributed by atoms with Gasteiger partial charge in [0.1, 0.15) is 5.01 Å². The number of esters is 3. The molecule has 2 aromatic rings. The van der Waals surface area contributed by atoms with Gasteiger partial charge in [-0.25, -0.2) is 19.4 Å². The third-order valence-corrected chi connectivity index (χ3v) is 7.00. The molecule has 198 valence electrons. The molecule has 0 aliphatic carbocycles. The van der Waals surface area contributed by atoms with E-state index in [-0.39, 0.29) is 53.3 Å². The molecule has 0 saturated heterocycles. The number of allylic oxidation sites excluding steroid dienone is 1. The number of carbonyl (C=O) groups is 3. The van der Waals surface area contributed by atoms with Crippen LogP contribution in [-0.2, 0) is 35.1 Å². The SMILES string of the molecule is CCOC(=O)C1=C(COCc2nc(C(=O)OCC)cs2)NC(C)=C(C(=O)OC)C1c1cccc(Cl)c1Cl. The molecule has 1 aromatic carbocycles. The maximum Gasteiger partial charge on any atom is 0.357 e. The number of hydrogen-bond donors (Lipinski definition) is 1. The van der Waals surface area contributed by atoms with Crippen LogP contribution in [0, 0.1) is 0 Å². The Morgan fingerprint density at radius 1 is 1.03 bits per heavy atom. The van der Waals surface area contributed by atoms with Gasteiger partial charge in [0, 0.05) is 11.1 Å². The zero-order valence-electron chi connectivity index (χ0n) is 20.7. The van der Waals surface area contributed by atoms with Crippen LogP contribution < -0.4 is 5.32 Å². The molecular weight excluding hydrogens is 543 g/mol. The van der Waals surface area contributed by atoms with E-state index < -0.39 is 23.8 Å². The summed E-state index contributed by atoms with van der Waals surface area (Å²) in [7, 11) is 1.25. The van der Waals surface area contributed by atoms with Crippen LogP contribution in [0.3, 0.4) is 0 Å². The number of rotatable bonds is 10. The molecule has 0 spiro atoms. The fourth-order valence-corrected chi connectivity index (χ4v) is 4.93. The number of carbonyl (C=O) groups excluding carboxylic acids is 3. The average Bonchev–Trinajstić information content (AvgIpc) is 3.34. The summed E-state index contributed by atoms with van der Waals surface area (Å²) < 4.78 is 21.2. The van der Waals surface area contributed by atoms with Crippen molar-refractivity contribution in [3.63, 3.8) is 0 Å². The Morgan fingerprint density at radius 3 is 2.41 bits per heavy atom. The van der Waals surface area contributed by atoms with Crippen LogP contribution in [0.5, 0.6) is 0 Å². The smallest absolute Gasteiger partial charge is 0.357 e. The molecule has 1 aliphatic rings. The van der Waals surface area contributed by atoms with E-state index in [1.165, 1.54) is 18.4 Å². The van der Waals surface area contributed by atoms with Gasteiger partial charge in [0.2, 0.25) is 0 Å². The molecule has 1 atom stereocenters. The highest BCUT2D eigenvalue weighted by Gasteiger charge is 2.40. The van der Waals surface area contributed by atoms with Crippen LogP contribution in [0.25, 0.3) is 0 Å². The minimum absolute atomic E-state index is 0.0526. The van der Waals surface area contributed by atoms with Crippen molar-refractivity contribution in [3.8, 4) is 0 Å². The van der Waals surface area contributed by atoms with Gasteiger partial charge in [-0.3, -0.25) is 0 Å². The van der Waals surface area contributed by atoms with Crippen LogP contribution in [0.1, 0.15) is 47.7 Å². The van der Waals surface area contributed by atoms with Crippen molar-refractivity contribution in [2.75, 3.05) is 26.9 Å². The Hall–Kier alpha value is -2.92. The lowest BCUT2D eigenvalue weighted by atomic mass is 9.80. The van der Waals surface area contributed by atoms with Crippen molar-refractivity contribution in [1.29, 1.82) is 0 Å². The van der Waals surface area contributed by atoms with Crippen LogP contribution in [0.4, 0.5) is 0 Å². The summed E-state index contributed by atoms with van der Waals surface area (Å²) in [5.41, 5.74) is 1.81. The van der Waals surface area contributed by atoms with Crippen LogP contribution in [-0.4, -0.2) is 49.8 Å². The molecule has 1 N–H and O–H groups in total. The fraction of sp³-hybridized carbons (Fsp3) is 0.360. The van der Waals surface area contributed by atoms with E-state index in [1.54, 1.807) is 44.4 Å². The number of halogens is 2. The predicted molar refractivity (Wildman–Crippen MR) is 138 cm³/mol. The summed E-state index contributed by atoms with van der Waals surface area (Å²) in [6.45, 7) is 5.45. The molecule has 0 saturated carbocycles. The van der Waals surface area contributed by atoms with Gasteiger partial charge in [-0.05, 0) is 32.4 Å². The quantitative estimate of drug-likeness (QED) is 0.319. The summed E-state index contributed by atoms with van der Waals surface area (Å²) in [6, 6.07) is 4.97. The molecule has 37 heavy (non-hydrogen) atoms. The third-order valence-electron chi connectivity index (χ3n) is 5.35. The van der Waals surface area contributed by atoms with Gasteiger partial charge < -0.3 is 24.3 Å². The highest BCUT2D eigenvalue weighted by molar-refractivity contribution is 7.09. The Balaban J connectivity index is 1.99. The fourth-order valence-electron chi connectivity index (χ4n) is 3.81. The minimum Gasteiger partial charge on any atom is -0.466 e. The minimum atomic E-state index is -0.923. The van der Waals surface area contributed by atoms with Gasteiger partial charge in [0.25, 0.3) is 0 Å². The van der Waals surface area contributed by atoms with E-state index in [9.17, 15) is 14.4 Å². The summed E-state index contributed by atoms with van der Waals surface area (Å²) in [5.74, 6) is -2.72. The molecule has 9 nitrogen and oxygen atoms in total. The second-order valence-corrected chi connectivity index (χ2v) is 9.41. The summed E-state index contributed by atoms with van der Waals surface area (Å²) in [6.07, 6.45) is 0. The normalized spacial score (nSPS) is 15.4. The summed E-state index contributed by atoms with van der Waals surface area (Å²) in [5, 5.41) is 5.70. The van der Waals surface area contributed by atoms with Crippen molar-refractivity contribution < 1.29 is 33.3 Å². The Labute approximate surface area is 228 Å². The van der Waals surface area contributed by atoms with Crippen LogP contribution in [0.2, 0.25) is 10.0 Å². The highest BCUT2D eigenvalue weighted by atomic mass is 35.5. The lowest BCUT2D eigenvalue weighted by Crippen LogP contribution is -2.34. The van der Waals surface area contributed by atoms with Gasteiger partial charge >= 0.3 is 17.9 Å². The van der Waals surface area contributed by atoms with Crippen LogP contribution >= 0.6 is 34.5 Å². The topological polar surface area (TPSA) is 113 Å². The molecule has 12 heteroatoms. The molecule has 0 radical (unpaired) electrons. The standard InChI is InChI=1S/C25H26Cl2N2O7S/c1-5-35-23(30)17-12-37-18(29-17)11-34-10-16-21(25(32)36-6-2)20(14-8-7-9-15(26)22(14)27)19(13(3)28-16)24(31)33-4/h7-9,12,20,28H,5-6,10-11H2,1-4H3. The first-order valence-corrected chi connectivity index (χ1v) is 13.0. The molecule has 1 aromatic heterocycles. The van der Waals surface area contributed by atoms with E-state index in [4.69, 9.17) is 42.1 Å². The zero-order valence-corrected chi connectivity index (χ0v) is 23.0. The van der Waals surface area contributed by atoms with Gasteiger partial charge in [-0.2, -0.15) is 0 Å². The summed E-state index contributed by atoms with van der Waals surface area (Å²) in [4.78, 5) is 42.2. The number of ether oxygens (including phenoxy) is 4. The molecule has 0 bridgehead atoms. The molecular formula is C25H26Cl2N2O7S. The van der Waals surface area contributed by atoms with E-state index >= 15 is 0 Å². The van der Waals surface area contributed by atoms with Gasteiger partial charge in [0.15, 0.2) is 5.69 Å². The Morgan fingerprint density at radius 2 is 1.73 bits per heavy atom. The Kier molecular flexibility index (Phi) is 10.1. The maximum atomic E-state index is 13.2. The van der Waals surface area contributed by atoms with Crippen molar-refractivity contribution in [3.05, 3.63) is 72.4 Å². The Bertz CT molecular complexity index is 1260. The first kappa shape index (κ1) is 28.6. The number of methoxy groups -OCH3 is 1. The predicted octanol–water partition coefficient (Wildman–Crippen LogP) is 4.79. The average molecular weight is 569 g/mol. The van der Waals surface area contributed by atoms with Gasteiger partial charge in [0.05, 0.1) is 66.3 Å². The summed E-state index contributed by atoms with van der Waals surface area (Å²) >= 11 is 14.1. The number of nitrogens with zero attached hydrogens (tertiary/aromatic N) is 1. The number of aromatic nitrogens is 1. The molecule has 0 fully saturated rings. The molecule has 3 rings (SSSR count). The number of hydrogen-bond acceptors (Lipinski definition) is 10. The lowest BCUT2D eigenvalue weighted by molar-refractivity contribution is -0.139. The largest absolute Gasteiger partial charge is 0.466 e. The molecule has 1 unspecified atom stereocenters. The van der Waals surface area contributed by atoms with Crippen molar-refractivity contribution >= 4 is 52.4 Å².